The first-order valence-electron chi connectivity index (χ1n) is 9.20. The van der Waals surface area contributed by atoms with Gasteiger partial charge in [-0.15, -0.1) is 0 Å². The molecule has 0 bridgehead atoms. The number of halogens is 2. The van der Waals surface area contributed by atoms with Gasteiger partial charge >= 0.3 is 0 Å². The number of hydrogen-bond donors (Lipinski definition) is 1. The molecule has 160 valence electrons. The number of nitrogens with zero attached hydrogens (tertiary/aromatic N) is 2. The van der Waals surface area contributed by atoms with Crippen molar-refractivity contribution in [1.29, 1.82) is 0 Å². The Morgan fingerprint density at radius 2 is 1.71 bits per heavy atom. The summed E-state index contributed by atoms with van der Waals surface area (Å²) in [5, 5.41) is 4.01. The highest BCUT2D eigenvalue weighted by Crippen LogP contribution is 2.26. The lowest BCUT2D eigenvalue weighted by Gasteiger charge is -2.24. The van der Waals surface area contributed by atoms with Gasteiger partial charge in [0, 0.05) is 4.47 Å². The Labute approximate surface area is 188 Å². The maximum absolute atomic E-state index is 13.2. The summed E-state index contributed by atoms with van der Waals surface area (Å²) < 4.78 is 41.2. The Morgan fingerprint density at radius 3 is 2.35 bits per heavy atom. The monoisotopic (exact) mass is 503 g/mol. The van der Waals surface area contributed by atoms with Gasteiger partial charge in [0.1, 0.15) is 12.4 Å². The highest BCUT2D eigenvalue weighted by atomic mass is 79.9. The van der Waals surface area contributed by atoms with E-state index in [2.05, 4.69) is 26.5 Å². The lowest BCUT2D eigenvalue weighted by Crippen LogP contribution is -2.39. The second-order valence-corrected chi connectivity index (χ2v) is 9.32. The number of rotatable bonds is 7. The number of hydrogen-bond acceptors (Lipinski definition) is 4. The molecule has 0 heterocycles. The molecule has 0 aliphatic heterocycles. The first-order chi connectivity index (χ1) is 14.8. The average molecular weight is 504 g/mol. The van der Waals surface area contributed by atoms with Crippen LogP contribution in [0, 0.1) is 5.82 Å². The van der Waals surface area contributed by atoms with E-state index in [4.69, 9.17) is 0 Å². The van der Waals surface area contributed by atoms with Gasteiger partial charge in [-0.1, -0.05) is 52.3 Å². The lowest BCUT2D eigenvalue weighted by atomic mass is 10.1. The van der Waals surface area contributed by atoms with Crippen LogP contribution in [0.25, 0.3) is 0 Å². The fourth-order valence-corrected chi connectivity index (χ4v) is 4.55. The van der Waals surface area contributed by atoms with E-state index >= 15 is 0 Å². The third-order valence-electron chi connectivity index (χ3n) is 4.32. The Bertz CT molecular complexity index is 1200. The zero-order chi connectivity index (χ0) is 22.4. The Balaban J connectivity index is 1.86. The first-order valence-corrected chi connectivity index (χ1v) is 11.4. The van der Waals surface area contributed by atoms with Gasteiger partial charge in [0.15, 0.2) is 0 Å². The van der Waals surface area contributed by atoms with Gasteiger partial charge in [-0.2, -0.15) is 5.10 Å². The summed E-state index contributed by atoms with van der Waals surface area (Å²) in [6.45, 7) is 1.17. The molecule has 0 radical (unpaired) electrons. The molecule has 31 heavy (non-hydrogen) atoms. The smallest absolute Gasteiger partial charge is 0.264 e. The molecule has 0 aliphatic rings. The SMILES string of the molecule is C/C(=N\NC(=O)CN(c1cccc(Br)c1)S(=O)(=O)c1ccccc1)c1ccc(F)cc1. The average Bonchev–Trinajstić information content (AvgIpc) is 2.76. The van der Waals surface area contributed by atoms with Crippen LogP contribution in [-0.4, -0.2) is 26.6 Å². The van der Waals surface area contributed by atoms with E-state index < -0.39 is 22.5 Å². The van der Waals surface area contributed by atoms with E-state index in [-0.39, 0.29) is 10.7 Å². The van der Waals surface area contributed by atoms with Gasteiger partial charge in [-0.3, -0.25) is 9.10 Å². The number of carbonyl (C=O) groups is 1. The number of sulfonamides is 1. The summed E-state index contributed by atoms with van der Waals surface area (Å²) in [6.07, 6.45) is 0. The molecule has 0 saturated heterocycles. The molecule has 3 aromatic rings. The molecule has 3 aromatic carbocycles. The predicted octanol–water partition coefficient (Wildman–Crippen LogP) is 4.32. The molecule has 1 N–H and O–H groups in total. The molecule has 0 spiro atoms. The van der Waals surface area contributed by atoms with E-state index in [9.17, 15) is 17.6 Å². The van der Waals surface area contributed by atoms with Crippen LogP contribution in [0.1, 0.15) is 12.5 Å². The van der Waals surface area contributed by atoms with Crippen LogP contribution >= 0.6 is 15.9 Å². The van der Waals surface area contributed by atoms with Crippen LogP contribution in [-0.2, 0) is 14.8 Å². The molecule has 0 aliphatic carbocycles. The van der Waals surface area contributed by atoms with Crippen molar-refractivity contribution in [3.8, 4) is 0 Å². The van der Waals surface area contributed by atoms with Crippen LogP contribution in [0.15, 0.2) is 93.3 Å². The van der Waals surface area contributed by atoms with Crippen molar-refractivity contribution in [2.45, 2.75) is 11.8 Å². The second kappa shape index (κ2) is 9.84. The summed E-state index contributed by atoms with van der Waals surface area (Å²) in [5.41, 5.74) is 3.78. The van der Waals surface area contributed by atoms with Crippen LogP contribution in [0.5, 0.6) is 0 Å². The molecule has 9 heteroatoms. The molecular weight excluding hydrogens is 485 g/mol. The fraction of sp³-hybridized carbons (Fsp3) is 0.0909. The zero-order valence-electron chi connectivity index (χ0n) is 16.5. The van der Waals surface area contributed by atoms with E-state index in [1.54, 1.807) is 49.4 Å². The summed E-state index contributed by atoms with van der Waals surface area (Å²) >= 11 is 3.33. The lowest BCUT2D eigenvalue weighted by molar-refractivity contribution is -0.119. The van der Waals surface area contributed by atoms with Gasteiger partial charge in [-0.05, 0) is 55.0 Å². The minimum atomic E-state index is -4.00. The van der Waals surface area contributed by atoms with Crippen LogP contribution in [0.2, 0.25) is 0 Å². The van der Waals surface area contributed by atoms with Gasteiger partial charge in [0.2, 0.25) is 0 Å². The molecule has 0 fully saturated rings. The van der Waals surface area contributed by atoms with Crippen molar-refractivity contribution in [2.75, 3.05) is 10.8 Å². The van der Waals surface area contributed by atoms with Gasteiger partial charge in [0.25, 0.3) is 15.9 Å². The van der Waals surface area contributed by atoms with E-state index in [0.29, 0.717) is 21.4 Å². The summed E-state index contributed by atoms with van der Waals surface area (Å²) in [7, 11) is -4.00. The van der Waals surface area contributed by atoms with Crippen LogP contribution < -0.4 is 9.73 Å². The quantitative estimate of drug-likeness (QED) is 0.385. The Kier molecular flexibility index (Phi) is 7.19. The maximum Gasteiger partial charge on any atom is 0.264 e. The predicted molar refractivity (Wildman–Crippen MR) is 122 cm³/mol. The third kappa shape index (κ3) is 5.77. The van der Waals surface area contributed by atoms with E-state index in [1.807, 2.05) is 0 Å². The topological polar surface area (TPSA) is 78.8 Å². The van der Waals surface area contributed by atoms with Crippen LogP contribution in [0.4, 0.5) is 10.1 Å². The Morgan fingerprint density at radius 1 is 1.03 bits per heavy atom. The Hall–Kier alpha value is -3.04. The molecule has 3 rings (SSSR count). The highest BCUT2D eigenvalue weighted by molar-refractivity contribution is 9.10. The van der Waals surface area contributed by atoms with Crippen molar-refractivity contribution < 1.29 is 17.6 Å². The first kappa shape index (κ1) is 22.6. The molecule has 0 saturated carbocycles. The standard InChI is InChI=1S/C22H19BrFN3O3S/c1-16(17-10-12-19(24)13-11-17)25-26-22(28)15-27(20-7-5-6-18(23)14-20)31(29,30)21-8-3-2-4-9-21/h2-14H,15H2,1H3,(H,26,28)/b25-16+. The fourth-order valence-electron chi connectivity index (χ4n) is 2.73. The molecule has 1 amide bonds. The van der Waals surface area contributed by atoms with E-state index in [1.165, 1.54) is 36.4 Å². The van der Waals surface area contributed by atoms with Crippen molar-refractivity contribution in [3.63, 3.8) is 0 Å². The normalized spacial score (nSPS) is 11.8. The van der Waals surface area contributed by atoms with Crippen molar-refractivity contribution in [2.24, 2.45) is 5.10 Å². The number of benzene rings is 3. The summed E-state index contributed by atoms with van der Waals surface area (Å²) in [6, 6.07) is 20.2. The number of hydrazone groups is 1. The van der Waals surface area contributed by atoms with Gasteiger partial charge in [0.05, 0.1) is 16.3 Å². The molecule has 0 unspecified atom stereocenters. The third-order valence-corrected chi connectivity index (χ3v) is 6.61. The molecule has 0 aromatic heterocycles. The zero-order valence-corrected chi connectivity index (χ0v) is 18.9. The number of anilines is 1. The van der Waals surface area contributed by atoms with Crippen LogP contribution in [0.3, 0.4) is 0 Å². The molecule has 6 nitrogen and oxygen atoms in total. The van der Waals surface area contributed by atoms with Gasteiger partial charge in [-0.25, -0.2) is 18.2 Å². The highest BCUT2D eigenvalue weighted by Gasteiger charge is 2.27. The maximum atomic E-state index is 13.2. The largest absolute Gasteiger partial charge is 0.271 e. The second-order valence-electron chi connectivity index (χ2n) is 6.54. The van der Waals surface area contributed by atoms with E-state index in [0.717, 1.165) is 4.31 Å². The summed E-state index contributed by atoms with van der Waals surface area (Å²) in [5.74, 6) is -1.00. The molecular formula is C22H19BrFN3O3S. The number of carbonyl (C=O) groups excluding carboxylic acids is 1. The van der Waals surface area contributed by atoms with Crippen molar-refractivity contribution >= 4 is 43.3 Å². The number of amides is 1. The van der Waals surface area contributed by atoms with Crippen molar-refractivity contribution in [3.05, 3.63) is 94.7 Å². The number of nitrogens with one attached hydrogen (secondary N) is 1. The molecule has 0 atom stereocenters. The summed E-state index contributed by atoms with van der Waals surface area (Å²) in [4.78, 5) is 12.6. The minimum Gasteiger partial charge on any atom is -0.271 e. The van der Waals surface area contributed by atoms with Crippen molar-refractivity contribution in [1.82, 2.24) is 5.43 Å². The van der Waals surface area contributed by atoms with Gasteiger partial charge < -0.3 is 0 Å². The minimum absolute atomic E-state index is 0.0637.